The maximum Gasteiger partial charge on any atom is 0.317 e. The summed E-state index contributed by atoms with van der Waals surface area (Å²) in [5.74, 6) is -1.63. The van der Waals surface area contributed by atoms with Crippen LogP contribution in [0, 0.1) is 23.2 Å². The van der Waals surface area contributed by atoms with Gasteiger partial charge in [0.2, 0.25) is 0 Å². The fourth-order valence-corrected chi connectivity index (χ4v) is 1.97. The van der Waals surface area contributed by atoms with Crippen molar-refractivity contribution >= 4 is 12.0 Å². The lowest BCUT2D eigenvalue weighted by Gasteiger charge is -2.24. The van der Waals surface area contributed by atoms with E-state index in [0.717, 1.165) is 0 Å². The summed E-state index contributed by atoms with van der Waals surface area (Å²) < 4.78 is 0. The van der Waals surface area contributed by atoms with Crippen LogP contribution in [0.3, 0.4) is 0 Å². The lowest BCUT2D eigenvalue weighted by molar-refractivity contribution is -0.140. The SMILES string of the molecule is CCN(CC(C)C#N)C(=O)NC1C=CC(C(=O)O)C1. The number of carbonyl (C=O) groups excluding carboxylic acids is 1. The van der Waals surface area contributed by atoms with E-state index in [2.05, 4.69) is 11.4 Å². The average molecular weight is 265 g/mol. The molecule has 1 aliphatic carbocycles. The van der Waals surface area contributed by atoms with Crippen LogP contribution in [0.4, 0.5) is 4.79 Å². The Morgan fingerprint density at radius 1 is 1.58 bits per heavy atom. The highest BCUT2D eigenvalue weighted by atomic mass is 16.4. The highest BCUT2D eigenvalue weighted by Crippen LogP contribution is 2.18. The van der Waals surface area contributed by atoms with E-state index in [1.807, 2.05) is 6.92 Å². The van der Waals surface area contributed by atoms with E-state index in [-0.39, 0.29) is 18.0 Å². The topological polar surface area (TPSA) is 93.4 Å². The van der Waals surface area contributed by atoms with Gasteiger partial charge in [-0.15, -0.1) is 0 Å². The average Bonchev–Trinajstić information content (AvgIpc) is 2.84. The summed E-state index contributed by atoms with van der Waals surface area (Å²) in [6.45, 7) is 4.48. The summed E-state index contributed by atoms with van der Waals surface area (Å²) in [4.78, 5) is 24.3. The first kappa shape index (κ1) is 15.0. The first-order valence-electron chi connectivity index (χ1n) is 6.34. The van der Waals surface area contributed by atoms with Gasteiger partial charge in [-0.2, -0.15) is 5.26 Å². The van der Waals surface area contributed by atoms with Crippen molar-refractivity contribution in [2.75, 3.05) is 13.1 Å². The molecule has 0 aromatic rings. The van der Waals surface area contributed by atoms with Crippen LogP contribution in [0.25, 0.3) is 0 Å². The van der Waals surface area contributed by atoms with E-state index < -0.39 is 11.9 Å². The molecule has 0 aromatic heterocycles. The zero-order valence-corrected chi connectivity index (χ0v) is 11.2. The molecular weight excluding hydrogens is 246 g/mol. The molecule has 0 saturated heterocycles. The van der Waals surface area contributed by atoms with Gasteiger partial charge < -0.3 is 15.3 Å². The third-order valence-corrected chi connectivity index (χ3v) is 3.09. The number of urea groups is 1. The van der Waals surface area contributed by atoms with E-state index >= 15 is 0 Å². The number of nitriles is 1. The van der Waals surface area contributed by atoms with Gasteiger partial charge >= 0.3 is 12.0 Å². The molecule has 0 heterocycles. The molecule has 1 rings (SSSR count). The van der Waals surface area contributed by atoms with Gasteiger partial charge in [0.1, 0.15) is 0 Å². The third kappa shape index (κ3) is 4.28. The van der Waals surface area contributed by atoms with Crippen molar-refractivity contribution in [3.8, 4) is 6.07 Å². The van der Waals surface area contributed by atoms with E-state index in [4.69, 9.17) is 10.4 Å². The first-order chi connectivity index (χ1) is 8.97. The van der Waals surface area contributed by atoms with Crippen LogP contribution in [0.1, 0.15) is 20.3 Å². The Bertz CT molecular complexity index is 414. The number of nitrogens with zero attached hydrogens (tertiary/aromatic N) is 2. The quantitative estimate of drug-likeness (QED) is 0.730. The number of carbonyl (C=O) groups is 2. The molecule has 104 valence electrons. The lowest BCUT2D eigenvalue weighted by Crippen LogP contribution is -2.45. The Balaban J connectivity index is 2.49. The molecule has 0 radical (unpaired) electrons. The molecule has 0 fully saturated rings. The smallest absolute Gasteiger partial charge is 0.317 e. The zero-order chi connectivity index (χ0) is 14.4. The number of amides is 2. The molecule has 19 heavy (non-hydrogen) atoms. The van der Waals surface area contributed by atoms with Crippen LogP contribution in [0.2, 0.25) is 0 Å². The van der Waals surface area contributed by atoms with Gasteiger partial charge in [-0.1, -0.05) is 12.2 Å². The van der Waals surface area contributed by atoms with Gasteiger partial charge in [0.05, 0.1) is 23.9 Å². The summed E-state index contributed by atoms with van der Waals surface area (Å²) in [7, 11) is 0. The van der Waals surface area contributed by atoms with Crippen molar-refractivity contribution in [2.24, 2.45) is 11.8 Å². The second-order valence-corrected chi connectivity index (χ2v) is 4.69. The molecule has 0 saturated carbocycles. The Hall–Kier alpha value is -2.03. The lowest BCUT2D eigenvalue weighted by atomic mass is 10.1. The number of hydrogen-bond acceptors (Lipinski definition) is 3. The number of aliphatic carboxylic acids is 1. The van der Waals surface area contributed by atoms with E-state index in [9.17, 15) is 9.59 Å². The Kier molecular flexibility index (Phi) is 5.37. The highest BCUT2D eigenvalue weighted by molar-refractivity contribution is 5.76. The number of carboxylic acid groups (broad SMARTS) is 1. The third-order valence-electron chi connectivity index (χ3n) is 3.09. The van der Waals surface area contributed by atoms with Gasteiger partial charge in [-0.25, -0.2) is 4.79 Å². The van der Waals surface area contributed by atoms with Gasteiger partial charge in [-0.05, 0) is 20.3 Å². The van der Waals surface area contributed by atoms with Crippen LogP contribution < -0.4 is 5.32 Å². The first-order valence-corrected chi connectivity index (χ1v) is 6.34. The Morgan fingerprint density at radius 3 is 2.74 bits per heavy atom. The molecule has 6 nitrogen and oxygen atoms in total. The molecule has 0 bridgehead atoms. The monoisotopic (exact) mass is 265 g/mol. The highest BCUT2D eigenvalue weighted by Gasteiger charge is 2.26. The molecule has 2 amide bonds. The van der Waals surface area contributed by atoms with Crippen molar-refractivity contribution in [3.63, 3.8) is 0 Å². The minimum absolute atomic E-state index is 0.225. The van der Waals surface area contributed by atoms with Crippen LogP contribution in [0.15, 0.2) is 12.2 Å². The summed E-state index contributed by atoms with van der Waals surface area (Å²) >= 11 is 0. The van der Waals surface area contributed by atoms with E-state index in [1.54, 1.807) is 24.0 Å². The fraction of sp³-hybridized carbons (Fsp3) is 0.615. The van der Waals surface area contributed by atoms with E-state index in [1.165, 1.54) is 0 Å². The number of carboxylic acids is 1. The summed E-state index contributed by atoms with van der Waals surface area (Å²) in [6, 6.07) is 1.58. The van der Waals surface area contributed by atoms with Gasteiger partial charge in [0.25, 0.3) is 0 Å². The van der Waals surface area contributed by atoms with Crippen molar-refractivity contribution in [1.82, 2.24) is 10.2 Å². The van der Waals surface area contributed by atoms with Crippen LogP contribution in [0.5, 0.6) is 0 Å². The minimum atomic E-state index is -0.876. The molecule has 0 aromatic carbocycles. The standard InChI is InChI=1S/C13H19N3O3/c1-3-16(8-9(2)7-14)13(19)15-11-5-4-10(6-11)12(17)18/h4-5,9-11H,3,6,8H2,1-2H3,(H,15,19)(H,17,18). The Morgan fingerprint density at radius 2 is 2.26 bits per heavy atom. The van der Waals surface area contributed by atoms with Crippen LogP contribution in [-0.2, 0) is 4.79 Å². The number of hydrogen-bond donors (Lipinski definition) is 2. The summed E-state index contributed by atoms with van der Waals surface area (Å²) in [5.41, 5.74) is 0. The fourth-order valence-electron chi connectivity index (χ4n) is 1.97. The second-order valence-electron chi connectivity index (χ2n) is 4.69. The number of nitrogens with one attached hydrogen (secondary N) is 1. The molecule has 1 aliphatic rings. The van der Waals surface area contributed by atoms with Gasteiger partial charge in [0, 0.05) is 13.1 Å². The zero-order valence-electron chi connectivity index (χ0n) is 11.2. The van der Waals surface area contributed by atoms with E-state index in [0.29, 0.717) is 19.5 Å². The molecule has 0 aliphatic heterocycles. The van der Waals surface area contributed by atoms with Crippen molar-refractivity contribution in [1.29, 1.82) is 5.26 Å². The van der Waals surface area contributed by atoms with Gasteiger partial charge in [0.15, 0.2) is 0 Å². The predicted molar refractivity (Wildman–Crippen MR) is 69.2 cm³/mol. The Labute approximate surface area is 112 Å². The minimum Gasteiger partial charge on any atom is -0.481 e. The molecule has 6 heteroatoms. The molecule has 3 unspecified atom stereocenters. The summed E-state index contributed by atoms with van der Waals surface area (Å²) in [5, 5.41) is 20.4. The maximum atomic E-state index is 12.0. The van der Waals surface area contributed by atoms with Gasteiger partial charge in [-0.3, -0.25) is 4.79 Å². The maximum absolute atomic E-state index is 12.0. The molecule has 2 N–H and O–H groups in total. The van der Waals surface area contributed by atoms with Crippen molar-refractivity contribution in [3.05, 3.63) is 12.2 Å². The van der Waals surface area contributed by atoms with Crippen LogP contribution >= 0.6 is 0 Å². The van der Waals surface area contributed by atoms with Crippen molar-refractivity contribution in [2.45, 2.75) is 26.3 Å². The second kappa shape index (κ2) is 6.78. The normalized spacial score (nSPS) is 22.6. The number of rotatable bonds is 5. The molecule has 0 spiro atoms. The molecular formula is C13H19N3O3. The van der Waals surface area contributed by atoms with Crippen molar-refractivity contribution < 1.29 is 14.7 Å². The van der Waals surface area contributed by atoms with Crippen LogP contribution in [-0.4, -0.2) is 41.1 Å². The predicted octanol–water partition coefficient (Wildman–Crippen LogP) is 1.21. The summed E-state index contributed by atoms with van der Waals surface area (Å²) in [6.07, 6.45) is 3.69. The largest absolute Gasteiger partial charge is 0.481 e. The molecule has 3 atom stereocenters.